The van der Waals surface area contributed by atoms with Crippen LogP contribution in [0.3, 0.4) is 0 Å². The number of aryl methyl sites for hydroxylation is 1. The Morgan fingerprint density at radius 1 is 1.53 bits per heavy atom. The minimum atomic E-state index is -0.389. The van der Waals surface area contributed by atoms with Gasteiger partial charge in [-0.05, 0) is 25.1 Å². The van der Waals surface area contributed by atoms with Crippen LogP contribution in [-0.2, 0) is 0 Å². The summed E-state index contributed by atoms with van der Waals surface area (Å²) in [6.45, 7) is 1.84. The molecule has 0 aliphatic heterocycles. The molecule has 0 aliphatic carbocycles. The number of rotatable bonds is 2. The highest BCUT2D eigenvalue weighted by Gasteiger charge is 2.12. The minimum Gasteiger partial charge on any atom is -0.508 e. The zero-order chi connectivity index (χ0) is 12.4. The summed E-state index contributed by atoms with van der Waals surface area (Å²) < 4.78 is 0. The third-order valence-corrected chi connectivity index (χ3v) is 3.24. The SMILES string of the molecule is Cc1csc(NC(=O)c2cc(O)ccc2Cl)n1. The van der Waals surface area contributed by atoms with Gasteiger partial charge in [-0.1, -0.05) is 11.6 Å². The number of anilines is 1. The smallest absolute Gasteiger partial charge is 0.259 e. The summed E-state index contributed by atoms with van der Waals surface area (Å²) in [6.07, 6.45) is 0. The van der Waals surface area contributed by atoms with Gasteiger partial charge in [0.1, 0.15) is 5.75 Å². The lowest BCUT2D eigenvalue weighted by Gasteiger charge is -2.04. The number of phenols is 1. The van der Waals surface area contributed by atoms with Crippen molar-refractivity contribution in [3.63, 3.8) is 0 Å². The monoisotopic (exact) mass is 268 g/mol. The molecule has 88 valence electrons. The molecule has 17 heavy (non-hydrogen) atoms. The molecule has 0 unspecified atom stereocenters. The van der Waals surface area contributed by atoms with Gasteiger partial charge in [-0.25, -0.2) is 4.98 Å². The zero-order valence-corrected chi connectivity index (χ0v) is 10.5. The molecule has 0 saturated carbocycles. The van der Waals surface area contributed by atoms with Gasteiger partial charge in [0.2, 0.25) is 0 Å². The van der Waals surface area contributed by atoms with E-state index in [4.69, 9.17) is 11.6 Å². The highest BCUT2D eigenvalue weighted by Crippen LogP contribution is 2.23. The Balaban J connectivity index is 2.22. The van der Waals surface area contributed by atoms with E-state index >= 15 is 0 Å². The molecule has 0 saturated heterocycles. The van der Waals surface area contributed by atoms with E-state index in [9.17, 15) is 9.90 Å². The molecule has 0 bridgehead atoms. The molecule has 6 heteroatoms. The molecule has 0 spiro atoms. The number of hydrogen-bond acceptors (Lipinski definition) is 4. The standard InChI is InChI=1S/C11H9ClN2O2S/c1-6-5-17-11(13-6)14-10(16)8-4-7(15)2-3-9(8)12/h2-5,15H,1H3,(H,13,14,16). The van der Waals surface area contributed by atoms with Crippen LogP contribution in [0.2, 0.25) is 5.02 Å². The van der Waals surface area contributed by atoms with Crippen LogP contribution in [0.25, 0.3) is 0 Å². The lowest BCUT2D eigenvalue weighted by Crippen LogP contribution is -2.12. The quantitative estimate of drug-likeness (QED) is 0.880. The molecule has 1 aromatic carbocycles. The van der Waals surface area contributed by atoms with Crippen molar-refractivity contribution in [1.82, 2.24) is 4.98 Å². The third-order valence-electron chi connectivity index (χ3n) is 2.03. The molecule has 1 heterocycles. The van der Waals surface area contributed by atoms with Crippen LogP contribution in [0.1, 0.15) is 16.1 Å². The van der Waals surface area contributed by atoms with Gasteiger partial charge in [0.25, 0.3) is 5.91 Å². The number of aromatic hydroxyl groups is 1. The van der Waals surface area contributed by atoms with E-state index < -0.39 is 0 Å². The minimum absolute atomic E-state index is 0.00475. The molecular weight excluding hydrogens is 260 g/mol. The Hall–Kier alpha value is -1.59. The molecule has 0 radical (unpaired) electrons. The lowest BCUT2D eigenvalue weighted by molar-refractivity contribution is 0.102. The number of thiazole rings is 1. The summed E-state index contributed by atoms with van der Waals surface area (Å²) in [6, 6.07) is 4.21. The second-order valence-corrected chi connectivity index (χ2v) is 4.68. The number of amides is 1. The van der Waals surface area contributed by atoms with Gasteiger partial charge in [-0.15, -0.1) is 11.3 Å². The maximum atomic E-state index is 11.9. The number of carbonyl (C=O) groups excluding carboxylic acids is 1. The normalized spacial score (nSPS) is 10.2. The van der Waals surface area contributed by atoms with Crippen molar-refractivity contribution < 1.29 is 9.90 Å². The summed E-state index contributed by atoms with van der Waals surface area (Å²) in [5.74, 6) is -0.393. The Kier molecular flexibility index (Phi) is 3.31. The van der Waals surface area contributed by atoms with Crippen LogP contribution in [-0.4, -0.2) is 16.0 Å². The van der Waals surface area contributed by atoms with Crippen molar-refractivity contribution in [3.8, 4) is 5.75 Å². The lowest BCUT2D eigenvalue weighted by atomic mass is 10.2. The van der Waals surface area contributed by atoms with Crippen molar-refractivity contribution in [2.45, 2.75) is 6.92 Å². The Morgan fingerprint density at radius 3 is 2.94 bits per heavy atom. The molecular formula is C11H9ClN2O2S. The maximum absolute atomic E-state index is 11.9. The predicted octanol–water partition coefficient (Wildman–Crippen LogP) is 3.06. The number of benzene rings is 1. The number of nitrogens with zero attached hydrogens (tertiary/aromatic N) is 1. The summed E-state index contributed by atoms with van der Waals surface area (Å²) in [5.41, 5.74) is 1.06. The Labute approximate surface area is 107 Å². The molecule has 0 aliphatic rings. The topological polar surface area (TPSA) is 62.2 Å². The number of carbonyl (C=O) groups is 1. The fourth-order valence-electron chi connectivity index (χ4n) is 1.26. The summed E-state index contributed by atoms with van der Waals surface area (Å²) in [7, 11) is 0. The van der Waals surface area contributed by atoms with E-state index in [0.29, 0.717) is 5.13 Å². The van der Waals surface area contributed by atoms with Crippen molar-refractivity contribution in [2.24, 2.45) is 0 Å². The van der Waals surface area contributed by atoms with Crippen LogP contribution in [0.4, 0.5) is 5.13 Å². The molecule has 1 aromatic heterocycles. The van der Waals surface area contributed by atoms with Gasteiger partial charge in [0, 0.05) is 5.38 Å². The number of hydrogen-bond donors (Lipinski definition) is 2. The second kappa shape index (κ2) is 4.73. The predicted molar refractivity (Wildman–Crippen MR) is 67.9 cm³/mol. The largest absolute Gasteiger partial charge is 0.508 e. The van der Waals surface area contributed by atoms with E-state index in [1.165, 1.54) is 29.5 Å². The second-order valence-electron chi connectivity index (χ2n) is 3.41. The van der Waals surface area contributed by atoms with Crippen LogP contribution in [0, 0.1) is 6.92 Å². The molecule has 4 nitrogen and oxygen atoms in total. The zero-order valence-electron chi connectivity index (χ0n) is 8.90. The highest BCUT2D eigenvalue weighted by atomic mass is 35.5. The average molecular weight is 269 g/mol. The van der Waals surface area contributed by atoms with Crippen LogP contribution in [0.15, 0.2) is 23.6 Å². The van der Waals surface area contributed by atoms with Gasteiger partial charge in [0.15, 0.2) is 5.13 Å². The molecule has 0 atom stereocenters. The number of halogens is 1. The molecule has 2 N–H and O–H groups in total. The van der Waals surface area contributed by atoms with E-state index in [2.05, 4.69) is 10.3 Å². The van der Waals surface area contributed by atoms with Gasteiger partial charge in [0.05, 0.1) is 16.3 Å². The summed E-state index contributed by atoms with van der Waals surface area (Å²) >= 11 is 7.21. The van der Waals surface area contributed by atoms with Gasteiger partial charge in [-0.2, -0.15) is 0 Å². The van der Waals surface area contributed by atoms with E-state index in [1.807, 2.05) is 12.3 Å². The number of aromatic nitrogens is 1. The molecule has 2 rings (SSSR count). The van der Waals surface area contributed by atoms with E-state index in [-0.39, 0.29) is 22.2 Å². The Morgan fingerprint density at radius 2 is 2.29 bits per heavy atom. The van der Waals surface area contributed by atoms with Gasteiger partial charge in [-0.3, -0.25) is 10.1 Å². The van der Waals surface area contributed by atoms with Crippen LogP contribution >= 0.6 is 22.9 Å². The number of phenolic OH excluding ortho intramolecular Hbond substituents is 1. The summed E-state index contributed by atoms with van der Waals surface area (Å²) in [5, 5.41) is 14.6. The van der Waals surface area contributed by atoms with Crippen molar-refractivity contribution in [1.29, 1.82) is 0 Å². The van der Waals surface area contributed by atoms with Crippen LogP contribution < -0.4 is 5.32 Å². The summed E-state index contributed by atoms with van der Waals surface area (Å²) in [4.78, 5) is 16.0. The number of nitrogens with one attached hydrogen (secondary N) is 1. The fraction of sp³-hybridized carbons (Fsp3) is 0.0909. The molecule has 0 fully saturated rings. The van der Waals surface area contributed by atoms with Gasteiger partial charge >= 0.3 is 0 Å². The fourth-order valence-corrected chi connectivity index (χ4v) is 2.15. The average Bonchev–Trinajstić information content (AvgIpc) is 2.67. The van der Waals surface area contributed by atoms with Gasteiger partial charge < -0.3 is 5.11 Å². The Bertz CT molecular complexity index is 568. The van der Waals surface area contributed by atoms with Crippen molar-refractivity contribution >= 4 is 34.0 Å². The first-order valence-corrected chi connectivity index (χ1v) is 6.04. The van der Waals surface area contributed by atoms with Crippen molar-refractivity contribution in [2.75, 3.05) is 5.32 Å². The first-order chi connectivity index (χ1) is 8.06. The first kappa shape index (κ1) is 11.9. The van der Waals surface area contributed by atoms with E-state index in [0.717, 1.165) is 5.69 Å². The maximum Gasteiger partial charge on any atom is 0.259 e. The molecule has 2 aromatic rings. The van der Waals surface area contributed by atoms with Crippen LogP contribution in [0.5, 0.6) is 5.75 Å². The molecule has 1 amide bonds. The van der Waals surface area contributed by atoms with E-state index in [1.54, 1.807) is 0 Å². The third kappa shape index (κ3) is 2.75. The first-order valence-electron chi connectivity index (χ1n) is 4.78. The highest BCUT2D eigenvalue weighted by molar-refractivity contribution is 7.13. The van der Waals surface area contributed by atoms with Crippen molar-refractivity contribution in [3.05, 3.63) is 39.9 Å².